The Morgan fingerprint density at radius 2 is 2.00 bits per heavy atom. The fourth-order valence-corrected chi connectivity index (χ4v) is 12.0. The van der Waals surface area contributed by atoms with Gasteiger partial charge in [-0.15, -0.1) is 0 Å². The van der Waals surface area contributed by atoms with Crippen LogP contribution < -0.4 is 0 Å². The Bertz CT molecular complexity index is 673. The zero-order valence-electron chi connectivity index (χ0n) is 10.7. The van der Waals surface area contributed by atoms with E-state index >= 15 is 0 Å². The molecule has 0 aliphatic carbocycles. The molecule has 5 nitrogen and oxygen atoms in total. The highest BCUT2D eigenvalue weighted by molar-refractivity contribution is 9.11. The maximum Gasteiger partial charge on any atom is 0.165 e. The molecule has 2 unspecified atom stereocenters. The summed E-state index contributed by atoms with van der Waals surface area (Å²) in [5, 5.41) is -0.0152. The van der Waals surface area contributed by atoms with Crippen LogP contribution in [0.4, 0.5) is 0 Å². The summed E-state index contributed by atoms with van der Waals surface area (Å²) in [7, 11) is -6.02. The topological polar surface area (TPSA) is 80.6 Å². The van der Waals surface area contributed by atoms with E-state index in [1.807, 2.05) is 6.92 Å². The lowest BCUT2D eigenvalue weighted by Gasteiger charge is -2.22. The number of halogens is 1. The van der Waals surface area contributed by atoms with E-state index in [1.165, 1.54) is 23.5 Å². The molecule has 3 aliphatic heterocycles. The van der Waals surface area contributed by atoms with Crippen molar-refractivity contribution in [3.8, 4) is 0 Å². The number of sulfone groups is 2. The number of rotatable bonds is 1. The molecule has 0 aromatic carbocycles. The summed E-state index contributed by atoms with van der Waals surface area (Å²) in [5.74, 6) is 0.480. The minimum absolute atomic E-state index is 0.0152. The molecule has 3 fully saturated rings. The average Bonchev–Trinajstić information content (AvgIpc) is 2.84. The van der Waals surface area contributed by atoms with E-state index in [4.69, 9.17) is 0 Å². The van der Waals surface area contributed by atoms with Gasteiger partial charge in [0.05, 0.1) is 28.0 Å². The van der Waals surface area contributed by atoms with Gasteiger partial charge in [0.15, 0.2) is 19.7 Å². The maximum absolute atomic E-state index is 11.9. The van der Waals surface area contributed by atoms with E-state index in [-0.39, 0.29) is 28.6 Å². The van der Waals surface area contributed by atoms with Crippen molar-refractivity contribution in [1.29, 1.82) is 0 Å². The molecular weight excluding hydrogens is 406 g/mol. The zero-order valence-corrected chi connectivity index (χ0v) is 15.5. The predicted molar refractivity (Wildman–Crippen MR) is 88.4 cm³/mol. The second-order valence-electron chi connectivity index (χ2n) is 5.49. The Morgan fingerprint density at radius 1 is 1.30 bits per heavy atom. The fourth-order valence-electron chi connectivity index (χ4n) is 2.64. The molecule has 4 atom stereocenters. The van der Waals surface area contributed by atoms with Gasteiger partial charge < -0.3 is 0 Å². The van der Waals surface area contributed by atoms with Gasteiger partial charge in [-0.3, -0.25) is 4.99 Å². The molecule has 0 radical (unpaired) electrons. The van der Waals surface area contributed by atoms with Gasteiger partial charge in [-0.05, 0) is 13.3 Å². The standard InChI is InChI=1S/C10H14BrNO4S4/c1-10-7(5-20(15,16)8(10)11)17-9(18-10)12-6-2-3-19(13,14)4-6/h6-8H,2-5H2,1H3/t6?,7-,8?,10-/m1/s1. The zero-order chi connectivity index (χ0) is 14.8. The van der Waals surface area contributed by atoms with Gasteiger partial charge in [0.2, 0.25) is 0 Å². The van der Waals surface area contributed by atoms with Crippen molar-refractivity contribution in [2.75, 3.05) is 17.3 Å². The first kappa shape index (κ1) is 15.6. The molecule has 20 heavy (non-hydrogen) atoms. The number of hydrogen-bond acceptors (Lipinski definition) is 7. The molecule has 0 N–H and O–H groups in total. The lowest BCUT2D eigenvalue weighted by molar-refractivity contribution is 0.598. The van der Waals surface area contributed by atoms with Crippen LogP contribution in [0.3, 0.4) is 0 Å². The molecule has 0 aromatic rings. The van der Waals surface area contributed by atoms with Crippen molar-refractivity contribution in [3.63, 3.8) is 0 Å². The highest BCUT2D eigenvalue weighted by atomic mass is 79.9. The maximum atomic E-state index is 11.9. The van der Waals surface area contributed by atoms with Crippen LogP contribution in [0.15, 0.2) is 4.99 Å². The molecule has 3 aliphatic rings. The number of thioether (sulfide) groups is 2. The second-order valence-corrected chi connectivity index (χ2v) is 14.3. The average molecular weight is 420 g/mol. The highest BCUT2D eigenvalue weighted by Crippen LogP contribution is 2.57. The molecule has 3 heterocycles. The minimum Gasteiger partial charge on any atom is -0.267 e. The van der Waals surface area contributed by atoms with E-state index < -0.39 is 28.6 Å². The van der Waals surface area contributed by atoms with Crippen LogP contribution in [0, 0.1) is 0 Å². The van der Waals surface area contributed by atoms with Crippen molar-refractivity contribution >= 4 is 63.5 Å². The normalized spacial score (nSPS) is 47.7. The molecule has 0 bridgehead atoms. The summed E-state index contributed by atoms with van der Waals surface area (Å²) in [6.45, 7) is 1.94. The van der Waals surface area contributed by atoms with Gasteiger partial charge in [0.1, 0.15) is 8.53 Å². The summed E-state index contributed by atoms with van der Waals surface area (Å²) in [6.07, 6.45) is 0.574. The third-order valence-electron chi connectivity index (χ3n) is 3.84. The largest absolute Gasteiger partial charge is 0.267 e. The molecule has 3 rings (SSSR count). The van der Waals surface area contributed by atoms with E-state index in [2.05, 4.69) is 20.9 Å². The van der Waals surface area contributed by atoms with Crippen LogP contribution in [0.1, 0.15) is 13.3 Å². The molecule has 0 amide bonds. The third-order valence-corrected chi connectivity index (χ3v) is 14.0. The van der Waals surface area contributed by atoms with Crippen LogP contribution in [0.2, 0.25) is 0 Å². The molecule has 10 heteroatoms. The fraction of sp³-hybridized carbons (Fsp3) is 0.900. The Kier molecular flexibility index (Phi) is 3.81. The molecule has 0 aromatic heterocycles. The first-order valence-electron chi connectivity index (χ1n) is 6.12. The smallest absolute Gasteiger partial charge is 0.165 e. The van der Waals surface area contributed by atoms with E-state index in [0.29, 0.717) is 6.42 Å². The van der Waals surface area contributed by atoms with Crippen LogP contribution in [-0.2, 0) is 19.7 Å². The molecule has 0 spiro atoms. The molecule has 3 saturated heterocycles. The molecule has 0 saturated carbocycles. The van der Waals surface area contributed by atoms with Gasteiger partial charge in [0.25, 0.3) is 0 Å². The lowest BCUT2D eigenvalue weighted by Crippen LogP contribution is -2.33. The van der Waals surface area contributed by atoms with Gasteiger partial charge in [-0.2, -0.15) is 0 Å². The summed E-state index contributed by atoms with van der Waals surface area (Å²) >= 11 is 6.26. The summed E-state index contributed by atoms with van der Waals surface area (Å²) in [4.78, 5) is 4.53. The first-order chi connectivity index (χ1) is 9.12. The van der Waals surface area contributed by atoms with Crippen LogP contribution in [-0.4, -0.2) is 58.7 Å². The summed E-state index contributed by atoms with van der Waals surface area (Å²) in [5.41, 5.74) is 0. The number of hydrogen-bond donors (Lipinski definition) is 0. The van der Waals surface area contributed by atoms with Gasteiger partial charge in [0, 0.05) is 5.25 Å². The van der Waals surface area contributed by atoms with Gasteiger partial charge >= 0.3 is 0 Å². The highest BCUT2D eigenvalue weighted by Gasteiger charge is 2.60. The van der Waals surface area contributed by atoms with Crippen LogP contribution in [0.25, 0.3) is 0 Å². The van der Waals surface area contributed by atoms with Crippen LogP contribution in [0.5, 0.6) is 0 Å². The number of alkyl halides is 1. The van der Waals surface area contributed by atoms with Crippen molar-refractivity contribution in [3.05, 3.63) is 0 Å². The van der Waals surface area contributed by atoms with E-state index in [0.717, 1.165) is 4.38 Å². The Morgan fingerprint density at radius 3 is 2.55 bits per heavy atom. The number of nitrogens with zero attached hydrogens (tertiary/aromatic N) is 1. The Labute approximate surface area is 135 Å². The summed E-state index contributed by atoms with van der Waals surface area (Å²) in [6, 6.07) is -0.164. The van der Waals surface area contributed by atoms with Crippen molar-refractivity contribution in [2.24, 2.45) is 4.99 Å². The molecule has 114 valence electrons. The SMILES string of the molecule is C[C@@]12SC(=NC3CCS(=O)(=O)C3)S[C@@H]1CS(=O)(=O)C2Br. The van der Waals surface area contributed by atoms with Crippen molar-refractivity contribution in [2.45, 2.75) is 33.5 Å². The lowest BCUT2D eigenvalue weighted by atomic mass is 10.1. The monoisotopic (exact) mass is 419 g/mol. The molecular formula is C10H14BrNO4S4. The number of fused-ring (bicyclic) bond motifs is 1. The van der Waals surface area contributed by atoms with Crippen LogP contribution >= 0.6 is 39.5 Å². The Hall–Kier alpha value is 0.750. The second kappa shape index (κ2) is 4.87. The third kappa shape index (κ3) is 2.59. The first-order valence-corrected chi connectivity index (χ1v) is 12.3. The van der Waals surface area contributed by atoms with Crippen molar-refractivity contribution < 1.29 is 16.8 Å². The minimum atomic E-state index is -3.09. The summed E-state index contributed by atoms with van der Waals surface area (Å²) < 4.78 is 46.6. The van der Waals surface area contributed by atoms with E-state index in [1.54, 1.807) is 0 Å². The number of aliphatic imine (C=N–C) groups is 1. The quantitative estimate of drug-likeness (QED) is 0.595. The Balaban J connectivity index is 1.79. The van der Waals surface area contributed by atoms with Gasteiger partial charge in [-0.1, -0.05) is 39.5 Å². The van der Waals surface area contributed by atoms with Crippen molar-refractivity contribution in [1.82, 2.24) is 0 Å². The van der Waals surface area contributed by atoms with Gasteiger partial charge in [-0.25, -0.2) is 16.8 Å². The van der Waals surface area contributed by atoms with E-state index in [9.17, 15) is 16.8 Å². The predicted octanol–water partition coefficient (Wildman–Crippen LogP) is 1.29.